The van der Waals surface area contributed by atoms with Gasteiger partial charge in [-0.05, 0) is 35.4 Å². The van der Waals surface area contributed by atoms with Crippen molar-refractivity contribution in [2.24, 2.45) is 0 Å². The number of carbonyl (C=O) groups is 1. The molecule has 0 amide bonds. The second-order valence-corrected chi connectivity index (χ2v) is 8.08. The molecular formula is C20H14Cl2N2OS. The van der Waals surface area contributed by atoms with Crippen molar-refractivity contribution < 1.29 is 4.79 Å². The molecule has 2 aliphatic rings. The van der Waals surface area contributed by atoms with Crippen molar-refractivity contribution in [3.8, 4) is 0 Å². The predicted octanol–water partition coefficient (Wildman–Crippen LogP) is 4.90. The van der Waals surface area contributed by atoms with Gasteiger partial charge in [-0.15, -0.1) is 0 Å². The Kier molecular flexibility index (Phi) is 3.64. The molecule has 5 rings (SSSR count). The number of H-pyrrole nitrogens is 1. The maximum Gasteiger partial charge on any atom is 0.169 e. The van der Waals surface area contributed by atoms with Crippen LogP contribution in [0.25, 0.3) is 10.9 Å². The summed E-state index contributed by atoms with van der Waals surface area (Å²) in [5.41, 5.74) is 4.16. The highest BCUT2D eigenvalue weighted by atomic mass is 35.5. The summed E-state index contributed by atoms with van der Waals surface area (Å²) in [5.74, 6) is -0.397. The van der Waals surface area contributed by atoms with Crippen LogP contribution in [0.3, 0.4) is 0 Å². The van der Waals surface area contributed by atoms with Gasteiger partial charge in [-0.2, -0.15) is 0 Å². The van der Waals surface area contributed by atoms with Crippen LogP contribution in [0.4, 0.5) is 0 Å². The number of hydrogen-bond acceptors (Lipinski definition) is 2. The number of Topliss-reactive ketones (excluding diaryl/α,β-unsaturated/α-hetero) is 1. The van der Waals surface area contributed by atoms with Gasteiger partial charge in [0.25, 0.3) is 0 Å². The van der Waals surface area contributed by atoms with E-state index in [2.05, 4.69) is 17.1 Å². The van der Waals surface area contributed by atoms with Gasteiger partial charge in [-0.25, -0.2) is 0 Å². The van der Waals surface area contributed by atoms with Crippen molar-refractivity contribution in [3.63, 3.8) is 0 Å². The van der Waals surface area contributed by atoms with Gasteiger partial charge in [-0.3, -0.25) is 4.79 Å². The molecule has 3 nitrogen and oxygen atoms in total. The first kappa shape index (κ1) is 16.3. The van der Waals surface area contributed by atoms with Crippen molar-refractivity contribution >= 4 is 57.1 Å². The lowest BCUT2D eigenvalue weighted by atomic mass is 9.91. The van der Waals surface area contributed by atoms with Gasteiger partial charge < -0.3 is 9.88 Å². The molecule has 1 saturated heterocycles. The number of nitrogens with zero attached hydrogens (tertiary/aromatic N) is 1. The number of halogens is 2. The fourth-order valence-electron chi connectivity index (χ4n) is 4.20. The van der Waals surface area contributed by atoms with Gasteiger partial charge in [0.2, 0.25) is 0 Å². The maximum absolute atomic E-state index is 13.2. The Morgan fingerprint density at radius 1 is 1.15 bits per heavy atom. The summed E-state index contributed by atoms with van der Waals surface area (Å²) >= 11 is 18.2. The van der Waals surface area contributed by atoms with E-state index >= 15 is 0 Å². The van der Waals surface area contributed by atoms with E-state index in [1.165, 1.54) is 10.9 Å². The number of carbonyl (C=O) groups excluding carboxylic acids is 1. The number of aromatic amines is 1. The molecule has 6 heteroatoms. The second kappa shape index (κ2) is 5.81. The number of thiocarbonyl (C=S) groups is 1. The van der Waals surface area contributed by atoms with E-state index in [4.69, 9.17) is 35.4 Å². The molecule has 3 aromatic rings. The number of benzene rings is 2. The number of rotatable bonds is 1. The first-order chi connectivity index (χ1) is 12.5. The molecule has 26 heavy (non-hydrogen) atoms. The molecule has 130 valence electrons. The standard InChI is InChI=1S/C20H14Cl2N2OS/c21-10-5-6-14(22)13(7-10)18-19(25)17-8-12-11-3-1-2-4-15(11)23-16(12)9-24(17)20(18)26/h1-7,17-18,23H,8-9H2. The summed E-state index contributed by atoms with van der Waals surface area (Å²) < 4.78 is 0. The SMILES string of the molecule is O=C1C(c2cc(Cl)ccc2Cl)C(=S)N2Cc3[nH]c4ccccc4c3CC12. The van der Waals surface area contributed by atoms with E-state index in [1.807, 2.05) is 17.0 Å². The van der Waals surface area contributed by atoms with Crippen molar-refractivity contribution in [2.75, 3.05) is 0 Å². The molecule has 2 aliphatic heterocycles. The van der Waals surface area contributed by atoms with E-state index in [9.17, 15) is 4.79 Å². The Balaban J connectivity index is 1.58. The van der Waals surface area contributed by atoms with E-state index in [-0.39, 0.29) is 11.8 Å². The van der Waals surface area contributed by atoms with Gasteiger partial charge in [0, 0.05) is 33.1 Å². The summed E-state index contributed by atoms with van der Waals surface area (Å²) in [7, 11) is 0. The quantitative estimate of drug-likeness (QED) is 0.590. The minimum Gasteiger partial charge on any atom is -0.357 e. The molecule has 0 spiro atoms. The van der Waals surface area contributed by atoms with Gasteiger partial charge in [0.05, 0.1) is 23.5 Å². The fraction of sp³-hybridized carbons (Fsp3) is 0.200. The summed E-state index contributed by atoms with van der Waals surface area (Å²) in [6, 6.07) is 13.2. The Labute approximate surface area is 165 Å². The van der Waals surface area contributed by atoms with Crippen LogP contribution in [0.2, 0.25) is 10.0 Å². The zero-order chi connectivity index (χ0) is 18.0. The lowest BCUT2D eigenvalue weighted by molar-refractivity contribution is -0.121. The van der Waals surface area contributed by atoms with Crippen molar-refractivity contribution in [1.29, 1.82) is 0 Å². The molecule has 1 aromatic heterocycles. The van der Waals surface area contributed by atoms with E-state index in [0.29, 0.717) is 33.6 Å². The zero-order valence-corrected chi connectivity index (χ0v) is 16.0. The van der Waals surface area contributed by atoms with Gasteiger partial charge in [0.15, 0.2) is 5.78 Å². The minimum absolute atomic E-state index is 0.107. The Morgan fingerprint density at radius 3 is 2.81 bits per heavy atom. The largest absolute Gasteiger partial charge is 0.357 e. The highest BCUT2D eigenvalue weighted by Crippen LogP contribution is 2.41. The molecule has 2 unspecified atom stereocenters. The number of fused-ring (bicyclic) bond motifs is 4. The number of para-hydroxylation sites is 1. The number of hydrogen-bond donors (Lipinski definition) is 1. The molecule has 2 atom stereocenters. The van der Waals surface area contributed by atoms with E-state index < -0.39 is 5.92 Å². The monoisotopic (exact) mass is 400 g/mol. The zero-order valence-electron chi connectivity index (χ0n) is 13.6. The van der Waals surface area contributed by atoms with Crippen LogP contribution >= 0.6 is 35.4 Å². The van der Waals surface area contributed by atoms with E-state index in [0.717, 1.165) is 11.2 Å². The summed E-state index contributed by atoms with van der Waals surface area (Å²) in [4.78, 5) is 19.4. The third-order valence-electron chi connectivity index (χ3n) is 5.42. The topological polar surface area (TPSA) is 36.1 Å². The van der Waals surface area contributed by atoms with Crippen molar-refractivity contribution in [3.05, 3.63) is 69.3 Å². The normalized spacial score (nSPS) is 22.0. The van der Waals surface area contributed by atoms with Gasteiger partial charge in [0.1, 0.15) is 0 Å². The van der Waals surface area contributed by atoms with Crippen LogP contribution in [0.15, 0.2) is 42.5 Å². The van der Waals surface area contributed by atoms with Gasteiger partial charge >= 0.3 is 0 Å². The molecule has 1 fully saturated rings. The molecule has 0 bridgehead atoms. The number of ketones is 1. The predicted molar refractivity (Wildman–Crippen MR) is 108 cm³/mol. The molecule has 0 saturated carbocycles. The Morgan fingerprint density at radius 2 is 1.96 bits per heavy atom. The lowest BCUT2D eigenvalue weighted by Crippen LogP contribution is -2.39. The molecule has 1 N–H and O–H groups in total. The van der Waals surface area contributed by atoms with Crippen LogP contribution in [0.1, 0.15) is 22.7 Å². The van der Waals surface area contributed by atoms with Gasteiger partial charge in [-0.1, -0.05) is 53.6 Å². The molecule has 2 aromatic carbocycles. The Hall–Kier alpha value is -1.88. The average Bonchev–Trinajstić information content (AvgIpc) is 3.11. The van der Waals surface area contributed by atoms with Crippen LogP contribution in [0.5, 0.6) is 0 Å². The summed E-state index contributed by atoms with van der Waals surface area (Å²) in [6.45, 7) is 0.619. The smallest absolute Gasteiger partial charge is 0.169 e. The van der Waals surface area contributed by atoms with Crippen LogP contribution in [-0.4, -0.2) is 26.7 Å². The lowest BCUT2D eigenvalue weighted by Gasteiger charge is -2.30. The fourth-order valence-corrected chi connectivity index (χ4v) is 5.04. The minimum atomic E-state index is -0.503. The molecule has 3 heterocycles. The number of nitrogens with one attached hydrogen (secondary N) is 1. The van der Waals surface area contributed by atoms with E-state index in [1.54, 1.807) is 18.2 Å². The third kappa shape index (κ3) is 2.26. The maximum atomic E-state index is 13.2. The van der Waals surface area contributed by atoms with Crippen LogP contribution in [-0.2, 0) is 17.8 Å². The van der Waals surface area contributed by atoms with Crippen LogP contribution in [0, 0.1) is 0 Å². The summed E-state index contributed by atoms with van der Waals surface area (Å²) in [5, 5.41) is 2.27. The average molecular weight is 401 g/mol. The third-order valence-corrected chi connectivity index (χ3v) is 6.47. The molecule has 0 radical (unpaired) electrons. The van der Waals surface area contributed by atoms with Crippen molar-refractivity contribution in [2.45, 2.75) is 24.9 Å². The van der Waals surface area contributed by atoms with Crippen LogP contribution < -0.4 is 0 Å². The van der Waals surface area contributed by atoms with Crippen molar-refractivity contribution in [1.82, 2.24) is 9.88 Å². The first-order valence-corrected chi connectivity index (χ1v) is 9.58. The highest BCUT2D eigenvalue weighted by molar-refractivity contribution is 7.80. The molecular weight excluding hydrogens is 387 g/mol. The highest BCUT2D eigenvalue weighted by Gasteiger charge is 2.48. The Bertz CT molecular complexity index is 1090. The second-order valence-electron chi connectivity index (χ2n) is 6.81. The molecule has 0 aliphatic carbocycles. The summed E-state index contributed by atoms with van der Waals surface area (Å²) in [6.07, 6.45) is 0.660. The first-order valence-electron chi connectivity index (χ1n) is 8.42. The number of aromatic nitrogens is 1.